The molecule has 0 radical (unpaired) electrons. The molecule has 0 spiro atoms. The molecule has 3 heteroatoms. The van der Waals surface area contributed by atoms with Crippen LogP contribution in [0.2, 0.25) is 0 Å². The highest BCUT2D eigenvalue weighted by molar-refractivity contribution is 5.76. The zero-order valence-corrected chi connectivity index (χ0v) is 8.47. The molecule has 0 aromatic heterocycles. The fourth-order valence-corrected chi connectivity index (χ4v) is 1.67. The Kier molecular flexibility index (Phi) is 3.31. The lowest BCUT2D eigenvalue weighted by molar-refractivity contribution is -0.154. The quantitative estimate of drug-likeness (QED) is 0.682. The average Bonchev–Trinajstić information content (AvgIpc) is 1.93. The van der Waals surface area contributed by atoms with Gasteiger partial charge in [0.2, 0.25) is 0 Å². The van der Waals surface area contributed by atoms with Crippen LogP contribution in [0.3, 0.4) is 0 Å². The predicted molar refractivity (Wildman–Crippen MR) is 51.6 cm³/mol. The zero-order chi connectivity index (χ0) is 9.90. The van der Waals surface area contributed by atoms with Gasteiger partial charge in [0.05, 0.1) is 5.41 Å². The van der Waals surface area contributed by atoms with E-state index in [-0.39, 0.29) is 0 Å². The molecule has 0 amide bonds. The van der Waals surface area contributed by atoms with Gasteiger partial charge >= 0.3 is 5.97 Å². The Bertz CT molecular complexity index is 185. The number of rotatable bonds is 5. The third-order valence-electron chi connectivity index (χ3n) is 2.78. The molecular formula is C10H19NO2. The minimum Gasteiger partial charge on any atom is -0.481 e. The molecule has 76 valence electrons. The van der Waals surface area contributed by atoms with E-state index in [9.17, 15) is 4.79 Å². The van der Waals surface area contributed by atoms with Crippen LogP contribution in [0, 0.1) is 11.3 Å². The van der Waals surface area contributed by atoms with E-state index in [1.807, 2.05) is 0 Å². The highest BCUT2D eigenvalue weighted by Crippen LogP contribution is 2.40. The SMILES string of the molecule is CC(C)CNCC1(C(=O)O)CCC1. The van der Waals surface area contributed by atoms with Crippen LogP contribution in [0.25, 0.3) is 0 Å². The summed E-state index contributed by atoms with van der Waals surface area (Å²) < 4.78 is 0. The first-order valence-corrected chi connectivity index (χ1v) is 5.01. The van der Waals surface area contributed by atoms with Gasteiger partial charge in [0, 0.05) is 6.54 Å². The number of aliphatic carboxylic acids is 1. The first-order valence-electron chi connectivity index (χ1n) is 5.01. The summed E-state index contributed by atoms with van der Waals surface area (Å²) in [6, 6.07) is 0. The summed E-state index contributed by atoms with van der Waals surface area (Å²) in [5, 5.41) is 12.2. The van der Waals surface area contributed by atoms with Crippen molar-refractivity contribution in [3.8, 4) is 0 Å². The monoisotopic (exact) mass is 185 g/mol. The second-order valence-corrected chi connectivity index (χ2v) is 4.46. The van der Waals surface area contributed by atoms with Gasteiger partial charge in [0.15, 0.2) is 0 Å². The Morgan fingerprint density at radius 2 is 2.15 bits per heavy atom. The largest absolute Gasteiger partial charge is 0.481 e. The summed E-state index contributed by atoms with van der Waals surface area (Å²) in [5.74, 6) is -0.0408. The van der Waals surface area contributed by atoms with Crippen LogP contribution in [0.4, 0.5) is 0 Å². The van der Waals surface area contributed by atoms with Crippen LogP contribution in [0.5, 0.6) is 0 Å². The summed E-state index contributed by atoms with van der Waals surface area (Å²) in [5.41, 5.74) is -0.436. The second kappa shape index (κ2) is 4.09. The molecule has 1 rings (SSSR count). The van der Waals surface area contributed by atoms with Crippen molar-refractivity contribution >= 4 is 5.97 Å². The summed E-state index contributed by atoms with van der Waals surface area (Å²) in [7, 11) is 0. The zero-order valence-electron chi connectivity index (χ0n) is 8.47. The van der Waals surface area contributed by atoms with E-state index in [2.05, 4.69) is 19.2 Å². The summed E-state index contributed by atoms with van der Waals surface area (Å²) in [6.45, 7) is 5.80. The molecule has 1 aliphatic carbocycles. The number of carbonyl (C=O) groups is 1. The number of carboxylic acid groups (broad SMARTS) is 1. The van der Waals surface area contributed by atoms with Crippen molar-refractivity contribution in [1.82, 2.24) is 5.32 Å². The van der Waals surface area contributed by atoms with E-state index in [0.717, 1.165) is 25.8 Å². The van der Waals surface area contributed by atoms with Crippen molar-refractivity contribution < 1.29 is 9.90 Å². The van der Waals surface area contributed by atoms with Gasteiger partial charge in [-0.05, 0) is 25.3 Å². The van der Waals surface area contributed by atoms with Crippen LogP contribution >= 0.6 is 0 Å². The van der Waals surface area contributed by atoms with Crippen molar-refractivity contribution in [2.45, 2.75) is 33.1 Å². The van der Waals surface area contributed by atoms with Crippen molar-refractivity contribution in [2.24, 2.45) is 11.3 Å². The molecule has 0 saturated heterocycles. The molecule has 13 heavy (non-hydrogen) atoms. The van der Waals surface area contributed by atoms with Gasteiger partial charge < -0.3 is 10.4 Å². The van der Waals surface area contributed by atoms with Gasteiger partial charge in [0.1, 0.15) is 0 Å². The van der Waals surface area contributed by atoms with Crippen molar-refractivity contribution in [1.29, 1.82) is 0 Å². The topological polar surface area (TPSA) is 49.3 Å². The van der Waals surface area contributed by atoms with E-state index >= 15 is 0 Å². The smallest absolute Gasteiger partial charge is 0.310 e. The lowest BCUT2D eigenvalue weighted by atomic mass is 9.69. The molecule has 0 aromatic carbocycles. The Balaban J connectivity index is 2.28. The molecule has 0 aliphatic heterocycles. The number of hydrogen-bond acceptors (Lipinski definition) is 2. The van der Waals surface area contributed by atoms with Gasteiger partial charge in [-0.15, -0.1) is 0 Å². The Hall–Kier alpha value is -0.570. The van der Waals surface area contributed by atoms with Crippen LogP contribution in [-0.4, -0.2) is 24.2 Å². The van der Waals surface area contributed by atoms with Crippen LogP contribution in [0.1, 0.15) is 33.1 Å². The van der Waals surface area contributed by atoms with E-state index in [0.29, 0.717) is 12.5 Å². The van der Waals surface area contributed by atoms with Gasteiger partial charge in [-0.1, -0.05) is 20.3 Å². The maximum atomic E-state index is 10.9. The standard InChI is InChI=1S/C10H19NO2/c1-8(2)6-11-7-10(9(12)13)4-3-5-10/h8,11H,3-7H2,1-2H3,(H,12,13). The van der Waals surface area contributed by atoms with Gasteiger partial charge in [-0.25, -0.2) is 0 Å². The van der Waals surface area contributed by atoms with Crippen LogP contribution in [-0.2, 0) is 4.79 Å². The summed E-state index contributed by atoms with van der Waals surface area (Å²) in [6.07, 6.45) is 2.75. The molecule has 0 bridgehead atoms. The molecule has 0 aromatic rings. The molecular weight excluding hydrogens is 166 g/mol. The van der Waals surface area contributed by atoms with Crippen LogP contribution < -0.4 is 5.32 Å². The fourth-order valence-electron chi connectivity index (χ4n) is 1.67. The molecule has 0 unspecified atom stereocenters. The highest BCUT2D eigenvalue weighted by atomic mass is 16.4. The Morgan fingerprint density at radius 1 is 1.54 bits per heavy atom. The first-order chi connectivity index (χ1) is 6.07. The third-order valence-corrected chi connectivity index (χ3v) is 2.78. The minimum absolute atomic E-state index is 0.436. The number of carboxylic acids is 1. The molecule has 2 N–H and O–H groups in total. The molecule has 1 saturated carbocycles. The van der Waals surface area contributed by atoms with Crippen molar-refractivity contribution in [2.75, 3.05) is 13.1 Å². The van der Waals surface area contributed by atoms with Crippen LogP contribution in [0.15, 0.2) is 0 Å². The Labute approximate surface area is 79.5 Å². The van der Waals surface area contributed by atoms with Gasteiger partial charge in [0.25, 0.3) is 0 Å². The first kappa shape index (κ1) is 10.5. The van der Waals surface area contributed by atoms with Gasteiger partial charge in [-0.3, -0.25) is 4.79 Å². The lowest BCUT2D eigenvalue weighted by Crippen LogP contribution is -2.46. The van der Waals surface area contributed by atoms with E-state index in [1.54, 1.807) is 0 Å². The minimum atomic E-state index is -0.630. The molecule has 1 aliphatic rings. The van der Waals surface area contributed by atoms with E-state index in [4.69, 9.17) is 5.11 Å². The predicted octanol–water partition coefficient (Wildman–Crippen LogP) is 1.49. The normalized spacial score (nSPS) is 19.9. The maximum Gasteiger partial charge on any atom is 0.310 e. The number of hydrogen-bond donors (Lipinski definition) is 2. The molecule has 0 atom stereocenters. The van der Waals surface area contributed by atoms with Gasteiger partial charge in [-0.2, -0.15) is 0 Å². The van der Waals surface area contributed by atoms with E-state index in [1.165, 1.54) is 0 Å². The fraction of sp³-hybridized carbons (Fsp3) is 0.900. The molecule has 0 heterocycles. The lowest BCUT2D eigenvalue weighted by Gasteiger charge is -2.37. The van der Waals surface area contributed by atoms with E-state index < -0.39 is 11.4 Å². The number of nitrogens with one attached hydrogen (secondary N) is 1. The average molecular weight is 185 g/mol. The molecule has 3 nitrogen and oxygen atoms in total. The Morgan fingerprint density at radius 3 is 2.46 bits per heavy atom. The third kappa shape index (κ3) is 2.44. The van der Waals surface area contributed by atoms with Crippen molar-refractivity contribution in [3.63, 3.8) is 0 Å². The second-order valence-electron chi connectivity index (χ2n) is 4.46. The highest BCUT2D eigenvalue weighted by Gasteiger charge is 2.43. The maximum absolute atomic E-state index is 10.9. The molecule has 1 fully saturated rings. The summed E-state index contributed by atoms with van der Waals surface area (Å²) in [4.78, 5) is 10.9. The van der Waals surface area contributed by atoms with Crippen molar-refractivity contribution in [3.05, 3.63) is 0 Å². The summed E-state index contributed by atoms with van der Waals surface area (Å²) >= 11 is 0.